The van der Waals surface area contributed by atoms with E-state index < -0.39 is 0 Å². The van der Waals surface area contributed by atoms with Gasteiger partial charge in [0.2, 0.25) is 0 Å². The van der Waals surface area contributed by atoms with Crippen LogP contribution in [0.3, 0.4) is 0 Å². The van der Waals surface area contributed by atoms with Gasteiger partial charge in [-0.2, -0.15) is 0 Å². The maximum Gasteiger partial charge on any atom is 0.319 e. The molecule has 0 saturated carbocycles. The van der Waals surface area contributed by atoms with E-state index in [0.717, 1.165) is 5.56 Å². The molecular formula is C19H28N4O2. The molecular weight excluding hydrogens is 316 g/mol. The van der Waals surface area contributed by atoms with Crippen LogP contribution in [-0.4, -0.2) is 46.2 Å². The van der Waals surface area contributed by atoms with Gasteiger partial charge in [-0.3, -0.25) is 0 Å². The number of nitrogens with one attached hydrogen (secondary N) is 2. The maximum absolute atomic E-state index is 12.9. The number of carbonyl (C=O) groups is 2. The third-order valence-corrected chi connectivity index (χ3v) is 5.25. The van der Waals surface area contributed by atoms with Crippen molar-refractivity contribution in [3.05, 3.63) is 35.9 Å². The standard InChI is InChI=1S/C19H28N4O2/c1-11(2)22-16(14-9-7-6-8-10-14)15-13(5)20-18(24)23(12(3)4)17(15)21-19(22)25/h6-13,15-17H,1-5H3,(H,20,24)(H,21,25). The van der Waals surface area contributed by atoms with Crippen LogP contribution in [0.4, 0.5) is 9.59 Å². The van der Waals surface area contributed by atoms with Gasteiger partial charge in [-0.25, -0.2) is 9.59 Å². The van der Waals surface area contributed by atoms with Gasteiger partial charge in [0.15, 0.2) is 0 Å². The van der Waals surface area contributed by atoms with E-state index in [4.69, 9.17) is 0 Å². The molecule has 2 fully saturated rings. The maximum atomic E-state index is 12.9. The number of amides is 4. The Kier molecular flexibility index (Phi) is 4.62. The Morgan fingerprint density at radius 2 is 1.44 bits per heavy atom. The second-order valence-corrected chi connectivity index (χ2v) is 7.57. The molecule has 1 aromatic rings. The zero-order valence-electron chi connectivity index (χ0n) is 15.6. The van der Waals surface area contributed by atoms with Crippen LogP contribution in [0.25, 0.3) is 0 Å². The highest BCUT2D eigenvalue weighted by Crippen LogP contribution is 2.40. The summed E-state index contributed by atoms with van der Waals surface area (Å²) in [4.78, 5) is 29.1. The Morgan fingerprint density at radius 3 is 2.00 bits per heavy atom. The van der Waals surface area contributed by atoms with Crippen LogP contribution in [0.5, 0.6) is 0 Å². The predicted octanol–water partition coefficient (Wildman–Crippen LogP) is 2.93. The van der Waals surface area contributed by atoms with Crippen molar-refractivity contribution in [2.45, 2.75) is 65.0 Å². The fraction of sp³-hybridized carbons (Fsp3) is 0.579. The van der Waals surface area contributed by atoms with Crippen molar-refractivity contribution in [3.63, 3.8) is 0 Å². The summed E-state index contributed by atoms with van der Waals surface area (Å²) in [6.07, 6.45) is -0.309. The number of benzene rings is 1. The van der Waals surface area contributed by atoms with E-state index in [9.17, 15) is 9.59 Å². The Morgan fingerprint density at radius 1 is 0.880 bits per heavy atom. The molecule has 2 heterocycles. The van der Waals surface area contributed by atoms with Gasteiger partial charge in [0, 0.05) is 24.0 Å². The molecule has 3 rings (SSSR count). The monoisotopic (exact) mass is 344 g/mol. The molecule has 0 radical (unpaired) electrons. The summed E-state index contributed by atoms with van der Waals surface area (Å²) in [5, 5.41) is 6.19. The lowest BCUT2D eigenvalue weighted by Crippen LogP contribution is -2.74. The Bertz CT molecular complexity index is 646. The molecule has 2 aliphatic rings. The van der Waals surface area contributed by atoms with Gasteiger partial charge >= 0.3 is 12.1 Å². The van der Waals surface area contributed by atoms with Crippen molar-refractivity contribution >= 4 is 12.1 Å². The van der Waals surface area contributed by atoms with Crippen LogP contribution in [-0.2, 0) is 0 Å². The number of hydrogen-bond acceptors (Lipinski definition) is 2. The summed E-state index contributed by atoms with van der Waals surface area (Å²) in [6, 6.07) is 9.82. The van der Waals surface area contributed by atoms with Crippen LogP contribution in [0.2, 0.25) is 0 Å². The van der Waals surface area contributed by atoms with Gasteiger partial charge < -0.3 is 20.4 Å². The average Bonchev–Trinajstić information content (AvgIpc) is 2.53. The van der Waals surface area contributed by atoms with E-state index in [2.05, 4.69) is 22.8 Å². The highest BCUT2D eigenvalue weighted by molar-refractivity contribution is 5.81. The van der Waals surface area contributed by atoms with Crippen LogP contribution in [0.1, 0.15) is 46.2 Å². The van der Waals surface area contributed by atoms with Crippen molar-refractivity contribution < 1.29 is 9.59 Å². The molecule has 6 nitrogen and oxygen atoms in total. The second kappa shape index (κ2) is 6.58. The molecule has 2 saturated heterocycles. The number of fused-ring (bicyclic) bond motifs is 1. The van der Waals surface area contributed by atoms with E-state index in [1.54, 1.807) is 4.90 Å². The van der Waals surface area contributed by atoms with Gasteiger partial charge in [0.05, 0.1) is 6.04 Å². The summed E-state index contributed by atoms with van der Waals surface area (Å²) in [5.41, 5.74) is 1.10. The summed E-state index contributed by atoms with van der Waals surface area (Å²) in [5.74, 6) is 0.0580. The molecule has 4 atom stereocenters. The molecule has 4 unspecified atom stereocenters. The Labute approximate surface area is 149 Å². The molecule has 136 valence electrons. The van der Waals surface area contributed by atoms with E-state index in [1.165, 1.54) is 0 Å². The number of hydrogen-bond donors (Lipinski definition) is 2. The summed E-state index contributed by atoms with van der Waals surface area (Å²) >= 11 is 0. The predicted molar refractivity (Wildman–Crippen MR) is 96.9 cm³/mol. The van der Waals surface area contributed by atoms with Crippen LogP contribution < -0.4 is 10.6 Å². The smallest absolute Gasteiger partial charge is 0.319 e. The normalized spacial score (nSPS) is 29.6. The minimum absolute atomic E-state index is 0.00215. The Hall–Kier alpha value is -2.24. The first kappa shape index (κ1) is 17.6. The highest BCUT2D eigenvalue weighted by Gasteiger charge is 2.52. The number of rotatable bonds is 3. The van der Waals surface area contributed by atoms with Gasteiger partial charge in [-0.05, 0) is 40.2 Å². The van der Waals surface area contributed by atoms with E-state index >= 15 is 0 Å². The van der Waals surface area contributed by atoms with Crippen LogP contribution in [0.15, 0.2) is 30.3 Å². The number of nitrogens with zero attached hydrogens (tertiary/aromatic N) is 2. The summed E-state index contributed by atoms with van der Waals surface area (Å²) in [6.45, 7) is 10.0. The first-order valence-corrected chi connectivity index (χ1v) is 9.05. The first-order chi connectivity index (χ1) is 11.8. The van der Waals surface area contributed by atoms with E-state index in [1.807, 2.05) is 57.7 Å². The van der Waals surface area contributed by atoms with E-state index in [0.29, 0.717) is 0 Å². The molecule has 0 spiro atoms. The van der Waals surface area contributed by atoms with Gasteiger partial charge in [0.25, 0.3) is 0 Å². The fourth-order valence-electron chi connectivity index (χ4n) is 4.22. The molecule has 2 N–H and O–H groups in total. The van der Waals surface area contributed by atoms with Crippen LogP contribution >= 0.6 is 0 Å². The van der Waals surface area contributed by atoms with Gasteiger partial charge in [0.1, 0.15) is 6.17 Å². The molecule has 2 aliphatic heterocycles. The molecule has 0 aliphatic carbocycles. The molecule has 0 aromatic heterocycles. The fourth-order valence-corrected chi connectivity index (χ4v) is 4.22. The summed E-state index contributed by atoms with van der Waals surface area (Å²) in [7, 11) is 0. The number of urea groups is 2. The van der Waals surface area contributed by atoms with Gasteiger partial charge in [-0.1, -0.05) is 30.3 Å². The minimum atomic E-state index is -0.309. The molecule has 6 heteroatoms. The highest BCUT2D eigenvalue weighted by atomic mass is 16.2. The van der Waals surface area contributed by atoms with Crippen molar-refractivity contribution in [2.75, 3.05) is 0 Å². The molecule has 25 heavy (non-hydrogen) atoms. The molecule has 0 bridgehead atoms. The lowest BCUT2D eigenvalue weighted by atomic mass is 9.80. The number of carbonyl (C=O) groups excluding carboxylic acids is 2. The third-order valence-electron chi connectivity index (χ3n) is 5.25. The summed E-state index contributed by atoms with van der Waals surface area (Å²) < 4.78 is 0. The first-order valence-electron chi connectivity index (χ1n) is 9.05. The Balaban J connectivity index is 2.10. The lowest BCUT2D eigenvalue weighted by Gasteiger charge is -2.55. The van der Waals surface area contributed by atoms with Crippen molar-refractivity contribution in [3.8, 4) is 0 Å². The quantitative estimate of drug-likeness (QED) is 0.885. The van der Waals surface area contributed by atoms with Crippen molar-refractivity contribution in [2.24, 2.45) is 5.92 Å². The zero-order valence-corrected chi connectivity index (χ0v) is 15.6. The van der Waals surface area contributed by atoms with Crippen molar-refractivity contribution in [1.82, 2.24) is 20.4 Å². The largest absolute Gasteiger partial charge is 0.335 e. The molecule has 4 amide bonds. The van der Waals surface area contributed by atoms with Crippen LogP contribution in [0, 0.1) is 5.92 Å². The zero-order chi connectivity index (χ0) is 18.3. The second-order valence-electron chi connectivity index (χ2n) is 7.57. The SMILES string of the molecule is CC1NC(=O)N(C(C)C)C2NC(=O)N(C(C)C)C(c3ccccc3)C12. The lowest BCUT2D eigenvalue weighted by molar-refractivity contribution is -0.0116. The third kappa shape index (κ3) is 2.94. The average molecular weight is 344 g/mol. The van der Waals surface area contributed by atoms with Gasteiger partial charge in [-0.15, -0.1) is 0 Å². The van der Waals surface area contributed by atoms with Crippen molar-refractivity contribution in [1.29, 1.82) is 0 Å². The molecule has 1 aromatic carbocycles. The minimum Gasteiger partial charge on any atom is -0.335 e. The topological polar surface area (TPSA) is 64.7 Å². The van der Waals surface area contributed by atoms with E-state index in [-0.39, 0.29) is 48.3 Å².